The SMILES string of the molecule is CC1=C(CCC2=C(C)C=C3Cc4ccccc4C=C32)C2=Cc3ccccc3CC2=C1. The highest BCUT2D eigenvalue weighted by Gasteiger charge is 2.27. The summed E-state index contributed by atoms with van der Waals surface area (Å²) < 4.78 is 0. The van der Waals surface area contributed by atoms with Gasteiger partial charge in [-0.05, 0) is 119 Å². The Morgan fingerprint density at radius 3 is 1.47 bits per heavy atom. The zero-order valence-electron chi connectivity index (χ0n) is 17.8. The third-order valence-electron chi connectivity index (χ3n) is 7.17. The molecule has 2 aromatic carbocycles. The second-order valence-corrected chi connectivity index (χ2v) is 9.03. The Hall–Kier alpha value is -3.12. The summed E-state index contributed by atoms with van der Waals surface area (Å²) in [7, 11) is 0. The van der Waals surface area contributed by atoms with Crippen molar-refractivity contribution in [2.24, 2.45) is 0 Å². The Bertz CT molecular complexity index is 1180. The van der Waals surface area contributed by atoms with Crippen LogP contribution in [0, 0.1) is 0 Å². The third-order valence-corrected chi connectivity index (χ3v) is 7.17. The number of allylic oxidation sites excluding steroid dienone is 10. The van der Waals surface area contributed by atoms with Gasteiger partial charge in [-0.25, -0.2) is 0 Å². The first-order valence-corrected chi connectivity index (χ1v) is 11.1. The highest BCUT2D eigenvalue weighted by atomic mass is 14.3. The second-order valence-electron chi connectivity index (χ2n) is 9.03. The van der Waals surface area contributed by atoms with Crippen molar-refractivity contribution < 1.29 is 0 Å². The molecule has 0 amide bonds. The van der Waals surface area contributed by atoms with Crippen LogP contribution in [0.15, 0.2) is 105 Å². The molecule has 0 aliphatic heterocycles. The molecule has 0 saturated carbocycles. The maximum Gasteiger partial charge on any atom is -0.00137 e. The molecule has 2 aromatic rings. The summed E-state index contributed by atoms with van der Waals surface area (Å²) in [6, 6.07) is 17.7. The first-order valence-electron chi connectivity index (χ1n) is 11.1. The summed E-state index contributed by atoms with van der Waals surface area (Å²) in [5.41, 5.74) is 17.7. The summed E-state index contributed by atoms with van der Waals surface area (Å²) >= 11 is 0. The van der Waals surface area contributed by atoms with Gasteiger partial charge in [-0.3, -0.25) is 0 Å². The molecule has 0 radical (unpaired) electrons. The highest BCUT2D eigenvalue weighted by Crippen LogP contribution is 2.44. The van der Waals surface area contributed by atoms with Crippen LogP contribution < -0.4 is 0 Å². The molecule has 0 heteroatoms. The van der Waals surface area contributed by atoms with Crippen LogP contribution >= 0.6 is 0 Å². The summed E-state index contributed by atoms with van der Waals surface area (Å²) in [4.78, 5) is 0. The molecule has 6 rings (SSSR count). The van der Waals surface area contributed by atoms with Gasteiger partial charge in [0.25, 0.3) is 0 Å². The molecule has 0 unspecified atom stereocenters. The minimum atomic E-state index is 1.07. The Kier molecular flexibility index (Phi) is 3.96. The van der Waals surface area contributed by atoms with Gasteiger partial charge in [0, 0.05) is 0 Å². The smallest absolute Gasteiger partial charge is 0.00137 e. The fourth-order valence-corrected chi connectivity index (χ4v) is 5.62. The normalized spacial score (nSPS) is 18.9. The third kappa shape index (κ3) is 2.75. The van der Waals surface area contributed by atoms with Crippen LogP contribution in [-0.4, -0.2) is 0 Å². The molecular weight excluding hydrogens is 360 g/mol. The largest absolute Gasteiger partial charge is 0.0619 e. The Labute approximate surface area is 179 Å². The van der Waals surface area contributed by atoms with Crippen LogP contribution in [0.2, 0.25) is 0 Å². The van der Waals surface area contributed by atoms with E-state index in [0.717, 1.165) is 25.7 Å². The van der Waals surface area contributed by atoms with Crippen molar-refractivity contribution in [3.63, 3.8) is 0 Å². The maximum absolute atomic E-state index is 2.42. The van der Waals surface area contributed by atoms with Crippen LogP contribution in [0.1, 0.15) is 48.9 Å². The molecule has 4 aliphatic rings. The van der Waals surface area contributed by atoms with Gasteiger partial charge in [-0.2, -0.15) is 0 Å². The quantitative estimate of drug-likeness (QED) is 0.510. The zero-order chi connectivity index (χ0) is 20.2. The lowest BCUT2D eigenvalue weighted by Crippen LogP contribution is -2.04. The van der Waals surface area contributed by atoms with E-state index in [1.807, 2.05) is 0 Å². The van der Waals surface area contributed by atoms with E-state index in [-0.39, 0.29) is 0 Å². The molecule has 0 bridgehead atoms. The Morgan fingerprint density at radius 2 is 1.00 bits per heavy atom. The second kappa shape index (κ2) is 6.71. The maximum atomic E-state index is 2.42. The van der Waals surface area contributed by atoms with Crippen molar-refractivity contribution in [3.8, 4) is 0 Å². The van der Waals surface area contributed by atoms with E-state index in [4.69, 9.17) is 0 Å². The van der Waals surface area contributed by atoms with Crippen LogP contribution in [-0.2, 0) is 12.8 Å². The van der Waals surface area contributed by atoms with Gasteiger partial charge >= 0.3 is 0 Å². The first-order chi connectivity index (χ1) is 14.7. The molecule has 0 atom stereocenters. The van der Waals surface area contributed by atoms with Gasteiger partial charge < -0.3 is 0 Å². The van der Waals surface area contributed by atoms with Crippen molar-refractivity contribution in [1.82, 2.24) is 0 Å². The molecule has 0 spiro atoms. The number of fused-ring (bicyclic) bond motifs is 4. The van der Waals surface area contributed by atoms with Gasteiger partial charge in [0.05, 0.1) is 0 Å². The molecule has 0 N–H and O–H groups in total. The lowest BCUT2D eigenvalue weighted by atomic mass is 9.83. The first kappa shape index (κ1) is 17.7. The van der Waals surface area contributed by atoms with E-state index < -0.39 is 0 Å². The Morgan fingerprint density at radius 1 is 0.567 bits per heavy atom. The van der Waals surface area contributed by atoms with Crippen LogP contribution in [0.5, 0.6) is 0 Å². The Balaban J connectivity index is 1.28. The van der Waals surface area contributed by atoms with Crippen molar-refractivity contribution in [3.05, 3.63) is 128 Å². The topological polar surface area (TPSA) is 0 Å². The van der Waals surface area contributed by atoms with E-state index in [1.165, 1.54) is 55.7 Å². The van der Waals surface area contributed by atoms with Crippen molar-refractivity contribution in [2.45, 2.75) is 39.5 Å². The van der Waals surface area contributed by atoms with E-state index in [0.29, 0.717) is 0 Å². The van der Waals surface area contributed by atoms with Crippen LogP contribution in [0.4, 0.5) is 0 Å². The molecule has 0 aromatic heterocycles. The lowest BCUT2D eigenvalue weighted by molar-refractivity contribution is 0.930. The molecular formula is C30H26. The average molecular weight is 387 g/mol. The monoisotopic (exact) mass is 386 g/mol. The van der Waals surface area contributed by atoms with Crippen molar-refractivity contribution in [2.75, 3.05) is 0 Å². The summed E-state index contributed by atoms with van der Waals surface area (Å²) in [6.45, 7) is 4.59. The van der Waals surface area contributed by atoms with E-state index in [2.05, 4.69) is 86.7 Å². The van der Waals surface area contributed by atoms with E-state index in [9.17, 15) is 0 Å². The molecule has 4 aliphatic carbocycles. The minimum absolute atomic E-state index is 1.07. The number of hydrogen-bond donors (Lipinski definition) is 0. The molecule has 30 heavy (non-hydrogen) atoms. The van der Waals surface area contributed by atoms with Gasteiger partial charge in [-0.1, -0.05) is 60.7 Å². The van der Waals surface area contributed by atoms with Crippen molar-refractivity contribution >= 4 is 12.2 Å². The molecule has 0 nitrogen and oxygen atoms in total. The highest BCUT2D eigenvalue weighted by molar-refractivity contribution is 5.78. The van der Waals surface area contributed by atoms with E-state index >= 15 is 0 Å². The fourth-order valence-electron chi connectivity index (χ4n) is 5.62. The molecule has 0 heterocycles. The predicted octanol–water partition coefficient (Wildman–Crippen LogP) is 7.56. The van der Waals surface area contributed by atoms with E-state index in [1.54, 1.807) is 11.1 Å². The molecule has 146 valence electrons. The number of benzene rings is 2. The summed E-state index contributed by atoms with van der Waals surface area (Å²) in [6.07, 6.45) is 14.1. The fraction of sp³-hybridized carbons (Fsp3) is 0.200. The van der Waals surface area contributed by atoms with Gasteiger partial charge in [0.2, 0.25) is 0 Å². The zero-order valence-corrected chi connectivity index (χ0v) is 17.8. The minimum Gasteiger partial charge on any atom is -0.0619 e. The molecule has 0 fully saturated rings. The van der Waals surface area contributed by atoms with Gasteiger partial charge in [0.1, 0.15) is 0 Å². The van der Waals surface area contributed by atoms with Crippen LogP contribution in [0.25, 0.3) is 12.2 Å². The average Bonchev–Trinajstić information content (AvgIpc) is 3.22. The summed E-state index contributed by atoms with van der Waals surface area (Å²) in [5, 5.41) is 0. The number of hydrogen-bond acceptors (Lipinski definition) is 0. The number of rotatable bonds is 3. The van der Waals surface area contributed by atoms with Crippen molar-refractivity contribution in [1.29, 1.82) is 0 Å². The molecule has 0 saturated heterocycles. The predicted molar refractivity (Wildman–Crippen MR) is 127 cm³/mol. The lowest BCUT2D eigenvalue weighted by Gasteiger charge is -2.21. The van der Waals surface area contributed by atoms with Gasteiger partial charge in [0.15, 0.2) is 0 Å². The standard InChI is InChI=1S/C30H26/c1-19-13-25-15-21-7-3-5-9-23(21)17-29(25)27(19)11-12-28-20(2)14-26-16-22-8-4-6-10-24(22)18-30(26)28/h3-10,13-14,17-18H,11-12,15-16H2,1-2H3. The summed E-state index contributed by atoms with van der Waals surface area (Å²) in [5.74, 6) is 0. The van der Waals surface area contributed by atoms with Crippen LogP contribution in [0.3, 0.4) is 0 Å². The van der Waals surface area contributed by atoms with Gasteiger partial charge in [-0.15, -0.1) is 0 Å².